The van der Waals surface area contributed by atoms with Gasteiger partial charge in [0.15, 0.2) is 0 Å². The van der Waals surface area contributed by atoms with Crippen molar-refractivity contribution < 1.29 is 9.90 Å². The van der Waals surface area contributed by atoms with Crippen LogP contribution in [0.15, 0.2) is 48.5 Å². The summed E-state index contributed by atoms with van der Waals surface area (Å²) in [7, 11) is 4.01. The molecule has 1 aliphatic rings. The van der Waals surface area contributed by atoms with E-state index in [9.17, 15) is 9.90 Å². The van der Waals surface area contributed by atoms with Crippen LogP contribution in [0.1, 0.15) is 36.4 Å². The third-order valence-electron chi connectivity index (χ3n) is 5.09. The van der Waals surface area contributed by atoms with Crippen molar-refractivity contribution in [2.24, 2.45) is 0 Å². The first-order valence-corrected chi connectivity index (χ1v) is 9.37. The maximum atomic E-state index is 11.9. The predicted molar refractivity (Wildman–Crippen MR) is 106 cm³/mol. The number of carboxylic acid groups (broad SMARTS) is 1. The van der Waals surface area contributed by atoms with Gasteiger partial charge in [-0.3, -0.25) is 9.69 Å². The molecule has 0 spiro atoms. The number of rotatable bonds is 5. The fourth-order valence-corrected chi connectivity index (χ4v) is 3.97. The Bertz CT molecular complexity index is 761. The topological polar surface area (TPSA) is 43.8 Å². The van der Waals surface area contributed by atoms with Crippen molar-refractivity contribution in [2.75, 3.05) is 25.5 Å². The Balaban J connectivity index is 2.07. The van der Waals surface area contributed by atoms with Gasteiger partial charge in [0.25, 0.3) is 0 Å². The van der Waals surface area contributed by atoms with Crippen LogP contribution < -0.4 is 4.90 Å². The maximum absolute atomic E-state index is 11.9. The number of piperidine rings is 1. The van der Waals surface area contributed by atoms with Crippen LogP contribution in [0.4, 0.5) is 5.69 Å². The number of halogens is 1. The number of carbonyl (C=O) groups is 1. The Hall–Kier alpha value is -2.04. The number of carboxylic acids is 1. The Kier molecular flexibility index (Phi) is 5.84. The summed E-state index contributed by atoms with van der Waals surface area (Å²) >= 11 is 6.51. The summed E-state index contributed by atoms with van der Waals surface area (Å²) in [5, 5.41) is 10.4. The highest BCUT2D eigenvalue weighted by Crippen LogP contribution is 2.37. The molecule has 26 heavy (non-hydrogen) atoms. The van der Waals surface area contributed by atoms with Gasteiger partial charge in [0.1, 0.15) is 6.04 Å². The van der Waals surface area contributed by atoms with E-state index in [2.05, 4.69) is 34.1 Å². The van der Waals surface area contributed by atoms with Gasteiger partial charge in [-0.15, -0.1) is 0 Å². The Labute approximate surface area is 160 Å². The number of likely N-dealkylation sites (tertiary alicyclic amines) is 1. The molecule has 138 valence electrons. The zero-order valence-corrected chi connectivity index (χ0v) is 16.0. The number of hydrogen-bond donors (Lipinski definition) is 1. The highest BCUT2D eigenvalue weighted by molar-refractivity contribution is 6.31. The van der Waals surface area contributed by atoms with Gasteiger partial charge in [0.2, 0.25) is 0 Å². The monoisotopic (exact) mass is 372 g/mol. The van der Waals surface area contributed by atoms with E-state index in [0.29, 0.717) is 11.4 Å². The van der Waals surface area contributed by atoms with Crippen molar-refractivity contribution in [1.29, 1.82) is 0 Å². The molecular formula is C21H25ClN2O2. The van der Waals surface area contributed by atoms with E-state index in [1.807, 2.05) is 38.4 Å². The molecule has 0 radical (unpaired) electrons. The van der Waals surface area contributed by atoms with E-state index in [1.54, 1.807) is 0 Å². The SMILES string of the molecule is CN(C)c1ccc(C(c2ccccc2Cl)N2CCCCC2C(=O)O)cc1. The van der Waals surface area contributed by atoms with Crippen LogP contribution >= 0.6 is 11.6 Å². The lowest BCUT2D eigenvalue weighted by Crippen LogP contribution is -2.46. The largest absolute Gasteiger partial charge is 0.480 e. The van der Waals surface area contributed by atoms with E-state index in [4.69, 9.17) is 11.6 Å². The summed E-state index contributed by atoms with van der Waals surface area (Å²) in [5.74, 6) is -0.758. The van der Waals surface area contributed by atoms with Crippen LogP contribution in [0.2, 0.25) is 5.02 Å². The molecule has 2 aromatic rings. The first-order chi connectivity index (χ1) is 12.5. The van der Waals surface area contributed by atoms with Crippen LogP contribution in [-0.4, -0.2) is 42.7 Å². The normalized spacial score (nSPS) is 19.1. The van der Waals surface area contributed by atoms with Gasteiger partial charge >= 0.3 is 5.97 Å². The van der Waals surface area contributed by atoms with Crippen molar-refractivity contribution in [1.82, 2.24) is 4.90 Å². The zero-order chi connectivity index (χ0) is 18.7. The second-order valence-corrected chi connectivity index (χ2v) is 7.40. The molecule has 1 heterocycles. The molecule has 1 N–H and O–H groups in total. The fraction of sp³-hybridized carbons (Fsp3) is 0.381. The minimum Gasteiger partial charge on any atom is -0.480 e. The molecule has 3 rings (SSSR count). The van der Waals surface area contributed by atoms with Crippen molar-refractivity contribution in [2.45, 2.75) is 31.3 Å². The molecule has 0 bridgehead atoms. The highest BCUT2D eigenvalue weighted by atomic mass is 35.5. The highest BCUT2D eigenvalue weighted by Gasteiger charge is 2.35. The summed E-state index contributed by atoms with van der Waals surface area (Å²) < 4.78 is 0. The number of nitrogens with zero attached hydrogens (tertiary/aromatic N) is 2. The zero-order valence-electron chi connectivity index (χ0n) is 15.2. The Morgan fingerprint density at radius 2 is 1.85 bits per heavy atom. The molecule has 1 saturated heterocycles. The summed E-state index contributed by atoms with van der Waals surface area (Å²) in [6.45, 7) is 0.752. The lowest BCUT2D eigenvalue weighted by molar-refractivity contribution is -0.145. The molecule has 1 aliphatic heterocycles. The molecular weight excluding hydrogens is 348 g/mol. The molecule has 4 nitrogen and oxygen atoms in total. The van der Waals surface area contributed by atoms with E-state index < -0.39 is 12.0 Å². The third kappa shape index (κ3) is 3.87. The van der Waals surface area contributed by atoms with Gasteiger partial charge < -0.3 is 10.0 Å². The Morgan fingerprint density at radius 1 is 1.15 bits per heavy atom. The van der Waals surface area contributed by atoms with Crippen molar-refractivity contribution in [3.05, 3.63) is 64.7 Å². The van der Waals surface area contributed by atoms with Gasteiger partial charge in [0, 0.05) is 24.8 Å². The van der Waals surface area contributed by atoms with Crippen molar-refractivity contribution >= 4 is 23.3 Å². The van der Waals surface area contributed by atoms with Crippen molar-refractivity contribution in [3.8, 4) is 0 Å². The smallest absolute Gasteiger partial charge is 0.320 e. The van der Waals surface area contributed by atoms with E-state index in [-0.39, 0.29) is 6.04 Å². The van der Waals surface area contributed by atoms with E-state index >= 15 is 0 Å². The molecule has 0 aromatic heterocycles. The molecule has 0 amide bonds. The van der Waals surface area contributed by atoms with Crippen molar-refractivity contribution in [3.63, 3.8) is 0 Å². The minimum atomic E-state index is -0.758. The quantitative estimate of drug-likeness (QED) is 0.842. The molecule has 0 aliphatic carbocycles. The Morgan fingerprint density at radius 3 is 2.46 bits per heavy atom. The second-order valence-electron chi connectivity index (χ2n) is 7.00. The summed E-state index contributed by atoms with van der Waals surface area (Å²) in [6.07, 6.45) is 2.62. The number of aliphatic carboxylic acids is 1. The standard InChI is InChI=1S/C21H25ClN2O2/c1-23(2)16-12-10-15(11-13-16)20(17-7-3-4-8-18(17)22)24-14-6-5-9-19(24)21(25)26/h3-4,7-8,10-13,19-20H,5-6,9,14H2,1-2H3,(H,25,26). The molecule has 2 atom stereocenters. The summed E-state index contributed by atoms with van der Waals surface area (Å²) in [5.41, 5.74) is 3.14. The number of anilines is 1. The van der Waals surface area contributed by atoms with Crippen LogP contribution in [0.25, 0.3) is 0 Å². The fourth-order valence-electron chi connectivity index (χ4n) is 3.73. The lowest BCUT2D eigenvalue weighted by atomic mass is 9.91. The number of benzene rings is 2. The summed E-state index contributed by atoms with van der Waals surface area (Å²) in [4.78, 5) is 16.0. The van der Waals surface area contributed by atoms with Gasteiger partial charge in [-0.25, -0.2) is 0 Å². The van der Waals surface area contributed by atoms with Gasteiger partial charge in [-0.2, -0.15) is 0 Å². The van der Waals surface area contributed by atoms with Crippen LogP contribution in [0.3, 0.4) is 0 Å². The van der Waals surface area contributed by atoms with Gasteiger partial charge in [0.05, 0.1) is 6.04 Å². The maximum Gasteiger partial charge on any atom is 0.320 e. The van der Waals surface area contributed by atoms with Gasteiger partial charge in [-0.05, 0) is 48.7 Å². The second kappa shape index (κ2) is 8.11. The average Bonchev–Trinajstić information content (AvgIpc) is 2.64. The minimum absolute atomic E-state index is 0.165. The first kappa shape index (κ1) is 18.7. The average molecular weight is 373 g/mol. The molecule has 2 unspecified atom stereocenters. The van der Waals surface area contributed by atoms with E-state index in [0.717, 1.165) is 36.2 Å². The van der Waals surface area contributed by atoms with Crippen LogP contribution in [0.5, 0.6) is 0 Å². The lowest BCUT2D eigenvalue weighted by Gasteiger charge is -2.40. The first-order valence-electron chi connectivity index (χ1n) is 8.99. The molecule has 5 heteroatoms. The van der Waals surface area contributed by atoms with Gasteiger partial charge in [-0.1, -0.05) is 48.4 Å². The van der Waals surface area contributed by atoms with Crippen LogP contribution in [0, 0.1) is 0 Å². The predicted octanol–water partition coefficient (Wildman–Crippen LogP) is 4.43. The van der Waals surface area contributed by atoms with E-state index in [1.165, 1.54) is 0 Å². The molecule has 1 fully saturated rings. The molecule has 2 aromatic carbocycles. The number of hydrogen-bond acceptors (Lipinski definition) is 3. The third-order valence-corrected chi connectivity index (χ3v) is 5.43. The van der Waals surface area contributed by atoms with Crippen LogP contribution in [-0.2, 0) is 4.79 Å². The molecule has 0 saturated carbocycles. The summed E-state index contributed by atoms with van der Waals surface area (Å²) in [6, 6.07) is 15.4.